The number of anilines is 3. The number of ether oxygens (including phenoxy) is 1. The lowest BCUT2D eigenvalue weighted by molar-refractivity contribution is -0.142. The molecule has 0 amide bonds. The standard InChI is InChI=1S/C12H20N6O2/c1-2-20-9(19)5-6-14-11-15-10(13)16-12(17-11)18-7-3-4-8-18/h2-8H2,1H3,(H3,13,14,15,16,17). The number of aromatic nitrogens is 3. The summed E-state index contributed by atoms with van der Waals surface area (Å²) in [6.07, 6.45) is 2.53. The Balaban J connectivity index is 1.92. The van der Waals surface area contributed by atoms with Crippen LogP contribution in [-0.4, -0.2) is 47.2 Å². The van der Waals surface area contributed by atoms with Crippen molar-refractivity contribution in [3.8, 4) is 0 Å². The minimum atomic E-state index is -0.248. The lowest BCUT2D eigenvalue weighted by Crippen LogP contribution is -2.22. The average molecular weight is 280 g/mol. The quantitative estimate of drug-likeness (QED) is 0.722. The van der Waals surface area contributed by atoms with E-state index in [4.69, 9.17) is 10.5 Å². The molecule has 0 spiro atoms. The molecule has 8 nitrogen and oxygen atoms in total. The molecule has 2 heterocycles. The predicted octanol–water partition coefficient (Wildman–Crippen LogP) is 0.419. The van der Waals surface area contributed by atoms with Crippen LogP contribution in [0, 0.1) is 0 Å². The maximum atomic E-state index is 11.2. The van der Waals surface area contributed by atoms with Crippen molar-refractivity contribution in [1.29, 1.82) is 0 Å². The molecular formula is C12H20N6O2. The van der Waals surface area contributed by atoms with E-state index in [-0.39, 0.29) is 18.3 Å². The second-order valence-electron chi connectivity index (χ2n) is 4.49. The second kappa shape index (κ2) is 6.88. The summed E-state index contributed by atoms with van der Waals surface area (Å²) in [5.74, 6) is 0.916. The van der Waals surface area contributed by atoms with Crippen LogP contribution in [0.15, 0.2) is 0 Å². The number of carbonyl (C=O) groups is 1. The molecule has 0 radical (unpaired) electrons. The van der Waals surface area contributed by atoms with Gasteiger partial charge in [-0.1, -0.05) is 0 Å². The molecule has 1 saturated heterocycles. The van der Waals surface area contributed by atoms with E-state index in [9.17, 15) is 4.79 Å². The number of hydrogen-bond donors (Lipinski definition) is 2. The van der Waals surface area contributed by atoms with E-state index >= 15 is 0 Å². The van der Waals surface area contributed by atoms with Gasteiger partial charge in [0, 0.05) is 19.6 Å². The van der Waals surface area contributed by atoms with Crippen molar-refractivity contribution in [2.75, 3.05) is 42.2 Å². The Hall–Kier alpha value is -2.12. The van der Waals surface area contributed by atoms with E-state index in [2.05, 4.69) is 25.2 Å². The van der Waals surface area contributed by atoms with Crippen molar-refractivity contribution in [3.05, 3.63) is 0 Å². The highest BCUT2D eigenvalue weighted by Crippen LogP contribution is 2.17. The smallest absolute Gasteiger partial charge is 0.307 e. The molecule has 1 fully saturated rings. The first kappa shape index (κ1) is 14.3. The Kier molecular flexibility index (Phi) is 4.91. The van der Waals surface area contributed by atoms with E-state index in [1.165, 1.54) is 0 Å². The Labute approximate surface area is 117 Å². The Morgan fingerprint density at radius 3 is 2.80 bits per heavy atom. The van der Waals surface area contributed by atoms with Gasteiger partial charge in [0.05, 0.1) is 13.0 Å². The molecule has 3 N–H and O–H groups in total. The molecule has 1 aromatic heterocycles. The summed E-state index contributed by atoms with van der Waals surface area (Å²) >= 11 is 0. The molecule has 2 rings (SSSR count). The Morgan fingerprint density at radius 2 is 2.10 bits per heavy atom. The minimum absolute atomic E-state index is 0.181. The van der Waals surface area contributed by atoms with Crippen molar-refractivity contribution in [3.63, 3.8) is 0 Å². The molecule has 0 bridgehead atoms. The largest absolute Gasteiger partial charge is 0.466 e. The molecule has 0 atom stereocenters. The third-order valence-corrected chi connectivity index (χ3v) is 2.95. The fraction of sp³-hybridized carbons (Fsp3) is 0.667. The van der Waals surface area contributed by atoms with Crippen molar-refractivity contribution in [2.24, 2.45) is 0 Å². The van der Waals surface area contributed by atoms with E-state index in [0.717, 1.165) is 25.9 Å². The lowest BCUT2D eigenvalue weighted by Gasteiger charge is -2.15. The molecular weight excluding hydrogens is 260 g/mol. The lowest BCUT2D eigenvalue weighted by atomic mass is 10.4. The minimum Gasteiger partial charge on any atom is -0.466 e. The average Bonchev–Trinajstić information content (AvgIpc) is 2.92. The molecule has 1 aliphatic rings. The number of carbonyl (C=O) groups excluding carboxylic acids is 1. The number of nitrogens with zero attached hydrogens (tertiary/aromatic N) is 4. The van der Waals surface area contributed by atoms with E-state index < -0.39 is 0 Å². The van der Waals surface area contributed by atoms with Crippen LogP contribution in [0.5, 0.6) is 0 Å². The third kappa shape index (κ3) is 3.94. The van der Waals surface area contributed by atoms with Crippen LogP contribution in [0.4, 0.5) is 17.8 Å². The number of esters is 1. The van der Waals surface area contributed by atoms with Gasteiger partial charge in [-0.2, -0.15) is 15.0 Å². The summed E-state index contributed by atoms with van der Waals surface area (Å²) in [7, 11) is 0. The van der Waals surface area contributed by atoms with Crippen LogP contribution in [-0.2, 0) is 9.53 Å². The number of hydrogen-bond acceptors (Lipinski definition) is 8. The highest BCUT2D eigenvalue weighted by molar-refractivity contribution is 5.69. The molecule has 1 aromatic rings. The molecule has 0 saturated carbocycles. The van der Waals surface area contributed by atoms with Crippen LogP contribution < -0.4 is 16.0 Å². The molecule has 1 aliphatic heterocycles. The van der Waals surface area contributed by atoms with E-state index in [1.54, 1.807) is 6.92 Å². The highest BCUT2D eigenvalue weighted by Gasteiger charge is 2.16. The molecule has 0 aromatic carbocycles. The van der Waals surface area contributed by atoms with Gasteiger partial charge in [-0.05, 0) is 19.8 Å². The van der Waals surface area contributed by atoms with Gasteiger partial charge >= 0.3 is 5.97 Å². The fourth-order valence-corrected chi connectivity index (χ4v) is 2.03. The van der Waals surface area contributed by atoms with Crippen LogP contribution in [0.25, 0.3) is 0 Å². The molecule has 0 unspecified atom stereocenters. The first-order valence-electron chi connectivity index (χ1n) is 6.85. The Morgan fingerprint density at radius 1 is 1.35 bits per heavy atom. The predicted molar refractivity (Wildman–Crippen MR) is 75.4 cm³/mol. The number of nitrogen functional groups attached to an aromatic ring is 1. The van der Waals surface area contributed by atoms with Gasteiger partial charge in [-0.3, -0.25) is 4.79 Å². The summed E-state index contributed by atoms with van der Waals surface area (Å²) in [6, 6.07) is 0. The Bertz CT molecular complexity index is 461. The number of rotatable bonds is 6. The van der Waals surface area contributed by atoms with Crippen LogP contribution >= 0.6 is 0 Å². The zero-order valence-corrected chi connectivity index (χ0v) is 11.6. The van der Waals surface area contributed by atoms with Crippen LogP contribution in [0.1, 0.15) is 26.2 Å². The second-order valence-corrected chi connectivity index (χ2v) is 4.49. The van der Waals surface area contributed by atoms with E-state index in [0.29, 0.717) is 25.0 Å². The maximum absolute atomic E-state index is 11.2. The molecule has 20 heavy (non-hydrogen) atoms. The van der Waals surface area contributed by atoms with Gasteiger partial charge < -0.3 is 20.7 Å². The van der Waals surface area contributed by atoms with Gasteiger partial charge in [-0.25, -0.2) is 0 Å². The van der Waals surface area contributed by atoms with Gasteiger partial charge in [0.2, 0.25) is 17.8 Å². The monoisotopic (exact) mass is 280 g/mol. The summed E-state index contributed by atoms with van der Waals surface area (Å²) in [5.41, 5.74) is 5.69. The van der Waals surface area contributed by atoms with Gasteiger partial charge in [0.25, 0.3) is 0 Å². The molecule has 8 heteroatoms. The molecule has 110 valence electrons. The zero-order chi connectivity index (χ0) is 14.4. The van der Waals surface area contributed by atoms with Crippen LogP contribution in [0.3, 0.4) is 0 Å². The fourth-order valence-electron chi connectivity index (χ4n) is 2.03. The number of nitrogens with one attached hydrogen (secondary N) is 1. The normalized spacial score (nSPS) is 14.3. The van der Waals surface area contributed by atoms with Crippen molar-refractivity contribution in [1.82, 2.24) is 15.0 Å². The van der Waals surface area contributed by atoms with Gasteiger partial charge in [0.1, 0.15) is 0 Å². The highest BCUT2D eigenvalue weighted by atomic mass is 16.5. The van der Waals surface area contributed by atoms with Gasteiger partial charge in [0.15, 0.2) is 0 Å². The summed E-state index contributed by atoms with van der Waals surface area (Å²) in [4.78, 5) is 25.8. The number of nitrogens with two attached hydrogens (primary N) is 1. The van der Waals surface area contributed by atoms with Crippen molar-refractivity contribution in [2.45, 2.75) is 26.2 Å². The SMILES string of the molecule is CCOC(=O)CCNc1nc(N)nc(N2CCCC2)n1. The first-order valence-corrected chi connectivity index (χ1v) is 6.85. The summed E-state index contributed by atoms with van der Waals surface area (Å²) in [5, 5.41) is 2.97. The van der Waals surface area contributed by atoms with Crippen LogP contribution in [0.2, 0.25) is 0 Å². The van der Waals surface area contributed by atoms with Gasteiger partial charge in [-0.15, -0.1) is 0 Å². The van der Waals surface area contributed by atoms with Crippen molar-refractivity contribution < 1.29 is 9.53 Å². The first-order chi connectivity index (χ1) is 9.69. The summed E-state index contributed by atoms with van der Waals surface area (Å²) in [6.45, 7) is 4.44. The zero-order valence-electron chi connectivity index (χ0n) is 11.6. The van der Waals surface area contributed by atoms with Crippen molar-refractivity contribution >= 4 is 23.8 Å². The molecule has 0 aliphatic carbocycles. The summed E-state index contributed by atoms with van der Waals surface area (Å²) < 4.78 is 4.84. The third-order valence-electron chi connectivity index (χ3n) is 2.95. The topological polar surface area (TPSA) is 106 Å². The van der Waals surface area contributed by atoms with E-state index in [1.807, 2.05) is 0 Å². The maximum Gasteiger partial charge on any atom is 0.307 e.